The highest BCUT2D eigenvalue weighted by Gasteiger charge is 2.33. The van der Waals surface area contributed by atoms with E-state index in [1.807, 2.05) is 52.0 Å². The highest BCUT2D eigenvalue weighted by molar-refractivity contribution is 7.92. The maximum Gasteiger partial charge on any atom is 0.264 e. The normalized spacial score (nSPS) is 11.9. The van der Waals surface area contributed by atoms with E-state index in [0.29, 0.717) is 24.5 Å². The van der Waals surface area contributed by atoms with E-state index >= 15 is 0 Å². The summed E-state index contributed by atoms with van der Waals surface area (Å²) in [4.78, 5) is 28.3. The summed E-state index contributed by atoms with van der Waals surface area (Å²) in [6, 6.07) is 20.0. The van der Waals surface area contributed by atoms with Crippen LogP contribution in [0.1, 0.15) is 37.0 Å². The molecule has 2 amide bonds. The van der Waals surface area contributed by atoms with Crippen molar-refractivity contribution in [2.45, 2.75) is 51.6 Å². The summed E-state index contributed by atoms with van der Waals surface area (Å²) < 4.78 is 34.4. The summed E-state index contributed by atoms with van der Waals surface area (Å²) in [6.45, 7) is 7.65. The second-order valence-electron chi connectivity index (χ2n) is 9.30. The standard InChI is InChI=1S/C30H37N3O5S/c1-6-28(30(35)31-5)32(20-24-10-8-9-23(4)19-24)29(34)21-33(25-13-15-26(16-14-25)38-7-2)39(36,37)27-17-11-22(3)12-18-27/h8-19,28H,6-7,20-21H2,1-5H3,(H,31,35)/t28-/m0/s1. The molecule has 0 unspecified atom stereocenters. The van der Waals surface area contributed by atoms with Gasteiger partial charge in [0.2, 0.25) is 11.8 Å². The Morgan fingerprint density at radius 3 is 2.15 bits per heavy atom. The van der Waals surface area contributed by atoms with Gasteiger partial charge in [0.15, 0.2) is 0 Å². The summed E-state index contributed by atoms with van der Waals surface area (Å²) in [5.74, 6) is -0.212. The van der Waals surface area contributed by atoms with Gasteiger partial charge in [-0.2, -0.15) is 0 Å². The van der Waals surface area contributed by atoms with Gasteiger partial charge in [-0.15, -0.1) is 0 Å². The van der Waals surface area contributed by atoms with Crippen molar-refractivity contribution in [1.82, 2.24) is 10.2 Å². The highest BCUT2D eigenvalue weighted by atomic mass is 32.2. The second kappa shape index (κ2) is 13.3. The van der Waals surface area contributed by atoms with Gasteiger partial charge in [0, 0.05) is 13.6 Å². The number of carbonyl (C=O) groups excluding carboxylic acids is 2. The van der Waals surface area contributed by atoms with Crippen LogP contribution in [0, 0.1) is 13.8 Å². The maximum absolute atomic E-state index is 14.0. The molecule has 0 aromatic heterocycles. The SMILES string of the molecule is CCOc1ccc(N(CC(=O)N(Cc2cccc(C)c2)[C@@H](CC)C(=O)NC)S(=O)(=O)c2ccc(C)cc2)cc1. The predicted molar refractivity (Wildman–Crippen MR) is 153 cm³/mol. The number of benzene rings is 3. The van der Waals surface area contributed by atoms with E-state index in [2.05, 4.69) is 5.32 Å². The van der Waals surface area contributed by atoms with E-state index in [0.717, 1.165) is 21.0 Å². The van der Waals surface area contributed by atoms with Gasteiger partial charge in [0.25, 0.3) is 10.0 Å². The number of rotatable bonds is 12. The van der Waals surface area contributed by atoms with Crippen LogP contribution in [0.15, 0.2) is 77.7 Å². The van der Waals surface area contributed by atoms with Crippen molar-refractivity contribution in [3.05, 3.63) is 89.5 Å². The lowest BCUT2D eigenvalue weighted by atomic mass is 10.1. The maximum atomic E-state index is 14.0. The van der Waals surface area contributed by atoms with E-state index in [9.17, 15) is 18.0 Å². The van der Waals surface area contributed by atoms with Crippen molar-refractivity contribution in [2.75, 3.05) is 24.5 Å². The quantitative estimate of drug-likeness (QED) is 0.359. The molecular formula is C30H37N3O5S. The van der Waals surface area contributed by atoms with Crippen LogP contribution in [0.5, 0.6) is 5.75 Å². The van der Waals surface area contributed by atoms with Gasteiger partial charge in [-0.25, -0.2) is 8.42 Å². The van der Waals surface area contributed by atoms with Crippen LogP contribution in [-0.2, 0) is 26.2 Å². The van der Waals surface area contributed by atoms with Crippen molar-refractivity contribution in [3.63, 3.8) is 0 Å². The first-order valence-corrected chi connectivity index (χ1v) is 14.4. The first kappa shape index (κ1) is 29.7. The van der Waals surface area contributed by atoms with Crippen molar-refractivity contribution in [3.8, 4) is 5.75 Å². The molecule has 0 radical (unpaired) electrons. The monoisotopic (exact) mass is 551 g/mol. The van der Waals surface area contributed by atoms with Gasteiger partial charge in [0.1, 0.15) is 18.3 Å². The van der Waals surface area contributed by atoms with Crippen molar-refractivity contribution >= 4 is 27.5 Å². The number of hydrogen-bond acceptors (Lipinski definition) is 5. The zero-order valence-electron chi connectivity index (χ0n) is 23.2. The molecule has 1 atom stereocenters. The molecule has 0 aliphatic heterocycles. The average molecular weight is 552 g/mol. The lowest BCUT2D eigenvalue weighted by molar-refractivity contribution is -0.140. The van der Waals surface area contributed by atoms with Gasteiger partial charge in [0.05, 0.1) is 17.2 Å². The largest absolute Gasteiger partial charge is 0.494 e. The molecule has 8 nitrogen and oxygen atoms in total. The van der Waals surface area contributed by atoms with Crippen LogP contribution in [0.4, 0.5) is 5.69 Å². The van der Waals surface area contributed by atoms with Gasteiger partial charge < -0.3 is 15.0 Å². The second-order valence-corrected chi connectivity index (χ2v) is 11.2. The molecule has 208 valence electrons. The van der Waals surface area contributed by atoms with Crippen LogP contribution in [0.25, 0.3) is 0 Å². The molecule has 0 fully saturated rings. The molecule has 1 N–H and O–H groups in total. The Morgan fingerprint density at radius 1 is 0.923 bits per heavy atom. The van der Waals surface area contributed by atoms with E-state index in [1.54, 1.807) is 36.4 Å². The lowest BCUT2D eigenvalue weighted by Gasteiger charge is -2.33. The number of likely N-dealkylation sites (N-methyl/N-ethyl adjacent to an activating group) is 1. The number of ether oxygens (including phenoxy) is 1. The zero-order valence-corrected chi connectivity index (χ0v) is 24.0. The number of nitrogens with zero attached hydrogens (tertiary/aromatic N) is 2. The molecular weight excluding hydrogens is 514 g/mol. The van der Waals surface area contributed by atoms with E-state index in [4.69, 9.17) is 4.74 Å². The molecule has 0 aliphatic rings. The lowest BCUT2D eigenvalue weighted by Crippen LogP contribution is -2.51. The van der Waals surface area contributed by atoms with E-state index < -0.39 is 28.5 Å². The van der Waals surface area contributed by atoms with Crippen molar-refractivity contribution in [1.29, 1.82) is 0 Å². The Kier molecular flexibility index (Phi) is 10.1. The Morgan fingerprint density at radius 2 is 1.59 bits per heavy atom. The summed E-state index contributed by atoms with van der Waals surface area (Å²) in [6.07, 6.45) is 0.366. The predicted octanol–water partition coefficient (Wildman–Crippen LogP) is 4.45. The zero-order chi connectivity index (χ0) is 28.6. The molecule has 0 heterocycles. The Balaban J connectivity index is 2.06. The first-order chi connectivity index (χ1) is 18.6. The summed E-state index contributed by atoms with van der Waals surface area (Å²) >= 11 is 0. The van der Waals surface area contributed by atoms with Crippen molar-refractivity contribution < 1.29 is 22.7 Å². The molecule has 0 saturated carbocycles. The van der Waals surface area contributed by atoms with Gasteiger partial charge in [-0.1, -0.05) is 54.4 Å². The Bertz CT molecular complexity index is 1370. The third-order valence-corrected chi connectivity index (χ3v) is 8.18. The fourth-order valence-electron chi connectivity index (χ4n) is 4.33. The smallest absolute Gasteiger partial charge is 0.264 e. The third-order valence-electron chi connectivity index (χ3n) is 6.39. The van der Waals surface area contributed by atoms with Crippen LogP contribution in [0.2, 0.25) is 0 Å². The third kappa shape index (κ3) is 7.38. The van der Waals surface area contributed by atoms with Gasteiger partial charge in [-0.3, -0.25) is 13.9 Å². The number of aryl methyl sites for hydroxylation is 2. The topological polar surface area (TPSA) is 96.0 Å². The van der Waals surface area contributed by atoms with Gasteiger partial charge in [-0.05, 0) is 69.2 Å². The average Bonchev–Trinajstić information content (AvgIpc) is 2.92. The van der Waals surface area contributed by atoms with Crippen LogP contribution < -0.4 is 14.4 Å². The molecule has 39 heavy (non-hydrogen) atoms. The Labute approximate surface area is 231 Å². The molecule has 9 heteroatoms. The van der Waals surface area contributed by atoms with E-state index in [-0.39, 0.29) is 17.3 Å². The summed E-state index contributed by atoms with van der Waals surface area (Å²) in [5, 5.41) is 2.63. The number of hydrogen-bond donors (Lipinski definition) is 1. The molecule has 0 spiro atoms. The number of amides is 2. The summed E-state index contributed by atoms with van der Waals surface area (Å²) in [5.41, 5.74) is 3.10. The molecule has 3 rings (SSSR count). The van der Waals surface area contributed by atoms with Crippen molar-refractivity contribution in [2.24, 2.45) is 0 Å². The first-order valence-electron chi connectivity index (χ1n) is 13.0. The van der Waals surface area contributed by atoms with Crippen LogP contribution in [0.3, 0.4) is 0 Å². The van der Waals surface area contributed by atoms with Gasteiger partial charge >= 0.3 is 0 Å². The number of anilines is 1. The fourth-order valence-corrected chi connectivity index (χ4v) is 5.75. The summed E-state index contributed by atoms with van der Waals surface area (Å²) in [7, 11) is -2.60. The van der Waals surface area contributed by atoms with Crippen LogP contribution >= 0.6 is 0 Å². The minimum Gasteiger partial charge on any atom is -0.494 e. The minimum atomic E-state index is -4.12. The molecule has 0 bridgehead atoms. The van der Waals surface area contributed by atoms with Crippen LogP contribution in [-0.4, -0.2) is 51.4 Å². The number of sulfonamides is 1. The number of nitrogens with one attached hydrogen (secondary N) is 1. The number of carbonyl (C=O) groups is 2. The molecule has 3 aromatic rings. The fraction of sp³-hybridized carbons (Fsp3) is 0.333. The molecule has 0 aliphatic carbocycles. The Hall–Kier alpha value is -3.85. The van der Waals surface area contributed by atoms with E-state index in [1.165, 1.54) is 24.1 Å². The molecule has 3 aromatic carbocycles. The highest BCUT2D eigenvalue weighted by Crippen LogP contribution is 2.27. The minimum absolute atomic E-state index is 0.0679. The molecule has 0 saturated heterocycles.